The molecular formula is C18H27BClNO4. The Labute approximate surface area is 154 Å². The lowest BCUT2D eigenvalue weighted by Gasteiger charge is -2.29. The van der Waals surface area contributed by atoms with Crippen LogP contribution in [-0.4, -0.2) is 28.2 Å². The van der Waals surface area contributed by atoms with E-state index >= 15 is 0 Å². The SMILES string of the molecule is CC(C)[C@H](N)c1cc2c(cc1Cl)C[C@H](CCCB(O)O)[C@]2(C)C(=O)O. The van der Waals surface area contributed by atoms with Crippen LogP contribution in [0.3, 0.4) is 0 Å². The van der Waals surface area contributed by atoms with Crippen molar-refractivity contribution in [3.63, 3.8) is 0 Å². The van der Waals surface area contributed by atoms with Crippen molar-refractivity contribution in [1.82, 2.24) is 0 Å². The Morgan fingerprint density at radius 3 is 2.60 bits per heavy atom. The smallest absolute Gasteiger partial charge is 0.451 e. The van der Waals surface area contributed by atoms with Gasteiger partial charge in [-0.15, -0.1) is 0 Å². The molecule has 0 saturated carbocycles. The van der Waals surface area contributed by atoms with Crippen molar-refractivity contribution in [2.24, 2.45) is 17.6 Å². The number of halogens is 1. The molecule has 0 unspecified atom stereocenters. The minimum Gasteiger partial charge on any atom is -0.481 e. The van der Waals surface area contributed by atoms with Crippen molar-refractivity contribution >= 4 is 24.7 Å². The average Bonchev–Trinajstić information content (AvgIpc) is 2.78. The number of carboxylic acid groups (broad SMARTS) is 1. The third-order valence-electron chi connectivity index (χ3n) is 5.60. The highest BCUT2D eigenvalue weighted by atomic mass is 35.5. The van der Waals surface area contributed by atoms with E-state index < -0.39 is 18.5 Å². The normalized spacial score (nSPS) is 23.6. The molecule has 3 atom stereocenters. The van der Waals surface area contributed by atoms with Crippen molar-refractivity contribution in [2.45, 2.75) is 57.8 Å². The number of carboxylic acids is 1. The lowest BCUT2D eigenvalue weighted by molar-refractivity contribution is -0.145. The van der Waals surface area contributed by atoms with Gasteiger partial charge in [0, 0.05) is 11.1 Å². The van der Waals surface area contributed by atoms with Gasteiger partial charge in [-0.3, -0.25) is 4.79 Å². The van der Waals surface area contributed by atoms with Gasteiger partial charge in [0.1, 0.15) is 0 Å². The molecule has 0 radical (unpaired) electrons. The van der Waals surface area contributed by atoms with E-state index in [1.807, 2.05) is 26.0 Å². The Morgan fingerprint density at radius 2 is 2.08 bits per heavy atom. The topological polar surface area (TPSA) is 104 Å². The van der Waals surface area contributed by atoms with E-state index in [-0.39, 0.29) is 24.2 Å². The summed E-state index contributed by atoms with van der Waals surface area (Å²) in [7, 11) is -1.36. The van der Waals surface area contributed by atoms with Crippen molar-refractivity contribution in [3.8, 4) is 0 Å². The van der Waals surface area contributed by atoms with Crippen molar-refractivity contribution in [3.05, 3.63) is 33.8 Å². The molecule has 2 rings (SSSR count). The molecular weight excluding hydrogens is 340 g/mol. The summed E-state index contributed by atoms with van der Waals surface area (Å²) in [4.78, 5) is 12.1. The van der Waals surface area contributed by atoms with Crippen LogP contribution in [0.1, 0.15) is 56.3 Å². The number of rotatable bonds is 7. The van der Waals surface area contributed by atoms with Crippen LogP contribution in [0.5, 0.6) is 0 Å². The number of nitrogens with two attached hydrogens (primary N) is 1. The molecule has 1 aliphatic carbocycles. The molecule has 5 N–H and O–H groups in total. The van der Waals surface area contributed by atoms with Gasteiger partial charge in [0.25, 0.3) is 0 Å². The number of benzene rings is 1. The van der Waals surface area contributed by atoms with Gasteiger partial charge >= 0.3 is 13.1 Å². The van der Waals surface area contributed by atoms with Crippen LogP contribution in [0.15, 0.2) is 12.1 Å². The first-order valence-electron chi connectivity index (χ1n) is 8.76. The van der Waals surface area contributed by atoms with Crippen LogP contribution in [0.4, 0.5) is 0 Å². The number of hydrogen-bond donors (Lipinski definition) is 4. The van der Waals surface area contributed by atoms with Crippen LogP contribution < -0.4 is 5.73 Å². The van der Waals surface area contributed by atoms with E-state index in [2.05, 4.69) is 0 Å². The zero-order valence-corrected chi connectivity index (χ0v) is 15.8. The van der Waals surface area contributed by atoms with E-state index in [4.69, 9.17) is 27.4 Å². The molecule has 0 heterocycles. The second kappa shape index (κ2) is 7.66. The van der Waals surface area contributed by atoms with Gasteiger partial charge in [-0.1, -0.05) is 37.9 Å². The summed E-state index contributed by atoms with van der Waals surface area (Å²) >= 11 is 6.42. The number of fused-ring (bicyclic) bond motifs is 1. The molecule has 0 bridgehead atoms. The summed E-state index contributed by atoms with van der Waals surface area (Å²) < 4.78 is 0. The highest BCUT2D eigenvalue weighted by Gasteiger charge is 2.49. The van der Waals surface area contributed by atoms with Crippen LogP contribution in [0.25, 0.3) is 0 Å². The standard InChI is InChI=1S/C18H27BClNO4/c1-10(2)16(21)13-9-14-11(8-15(13)20)7-12(5-4-6-19(24)25)18(14,3)17(22)23/h8-10,12,16,24-25H,4-7,21H2,1-3H3,(H,22,23)/t12-,16-,18-/m0/s1. The fourth-order valence-corrected chi connectivity index (χ4v) is 4.13. The predicted octanol–water partition coefficient (Wildman–Crippen LogP) is 2.76. The Hall–Kier alpha value is -1.08. The van der Waals surface area contributed by atoms with Crippen LogP contribution in [-0.2, 0) is 16.6 Å². The first-order valence-corrected chi connectivity index (χ1v) is 9.14. The maximum Gasteiger partial charge on any atom is 0.451 e. The van der Waals surface area contributed by atoms with Crippen molar-refractivity contribution in [2.75, 3.05) is 0 Å². The molecule has 5 nitrogen and oxygen atoms in total. The van der Waals surface area contributed by atoms with Crippen molar-refractivity contribution in [1.29, 1.82) is 0 Å². The molecule has 7 heteroatoms. The monoisotopic (exact) mass is 367 g/mol. The largest absolute Gasteiger partial charge is 0.481 e. The Bertz CT molecular complexity index is 652. The summed E-state index contributed by atoms with van der Waals surface area (Å²) in [6, 6.07) is 3.48. The highest BCUT2D eigenvalue weighted by Crippen LogP contribution is 2.48. The van der Waals surface area contributed by atoms with E-state index in [0.29, 0.717) is 24.3 Å². The van der Waals surface area contributed by atoms with Gasteiger partial charge in [-0.2, -0.15) is 0 Å². The van der Waals surface area contributed by atoms with Gasteiger partial charge in [0.2, 0.25) is 0 Å². The zero-order valence-electron chi connectivity index (χ0n) is 15.0. The Balaban J connectivity index is 2.40. The quantitative estimate of drug-likeness (QED) is 0.555. The molecule has 0 fully saturated rings. The molecule has 1 aromatic carbocycles. The third kappa shape index (κ3) is 3.87. The predicted molar refractivity (Wildman–Crippen MR) is 99.6 cm³/mol. The van der Waals surface area contributed by atoms with Gasteiger partial charge in [0.15, 0.2) is 0 Å². The Kier molecular flexibility index (Phi) is 6.20. The fraction of sp³-hybridized carbons (Fsp3) is 0.611. The first-order chi connectivity index (χ1) is 11.6. The average molecular weight is 368 g/mol. The third-order valence-corrected chi connectivity index (χ3v) is 5.93. The lowest BCUT2D eigenvalue weighted by Crippen LogP contribution is -2.37. The summed E-state index contributed by atoms with van der Waals surface area (Å²) in [5.41, 5.74) is 7.75. The van der Waals surface area contributed by atoms with Crippen LogP contribution in [0, 0.1) is 11.8 Å². The maximum absolute atomic E-state index is 12.1. The molecule has 0 saturated heterocycles. The van der Waals surface area contributed by atoms with Gasteiger partial charge in [-0.25, -0.2) is 0 Å². The minimum atomic E-state index is -1.36. The second-order valence-electron chi connectivity index (χ2n) is 7.62. The molecule has 1 aliphatic rings. The first kappa shape index (κ1) is 20.2. The summed E-state index contributed by atoms with van der Waals surface area (Å²) in [6.07, 6.45) is 2.03. The summed E-state index contributed by atoms with van der Waals surface area (Å²) in [6.45, 7) is 5.76. The highest BCUT2D eigenvalue weighted by molar-refractivity contribution is 6.40. The van der Waals surface area contributed by atoms with Crippen LogP contribution >= 0.6 is 11.6 Å². The second-order valence-corrected chi connectivity index (χ2v) is 8.03. The van der Waals surface area contributed by atoms with Crippen LogP contribution in [0.2, 0.25) is 11.3 Å². The zero-order chi connectivity index (χ0) is 18.9. The number of hydrogen-bond acceptors (Lipinski definition) is 4. The van der Waals surface area contributed by atoms with E-state index in [9.17, 15) is 9.90 Å². The van der Waals surface area contributed by atoms with Crippen molar-refractivity contribution < 1.29 is 19.9 Å². The van der Waals surface area contributed by atoms with E-state index in [1.54, 1.807) is 6.92 Å². The number of aliphatic carboxylic acids is 1. The fourth-order valence-electron chi connectivity index (χ4n) is 3.81. The molecule has 0 amide bonds. The van der Waals surface area contributed by atoms with Gasteiger partial charge < -0.3 is 20.9 Å². The lowest BCUT2D eigenvalue weighted by atomic mass is 9.72. The minimum absolute atomic E-state index is 0.111. The maximum atomic E-state index is 12.1. The van der Waals surface area contributed by atoms with Gasteiger partial charge in [-0.05, 0) is 60.7 Å². The Morgan fingerprint density at radius 1 is 1.44 bits per heavy atom. The van der Waals surface area contributed by atoms with E-state index in [1.165, 1.54) is 0 Å². The number of carbonyl (C=O) groups is 1. The molecule has 0 aliphatic heterocycles. The molecule has 1 aromatic rings. The van der Waals surface area contributed by atoms with Gasteiger partial charge in [0.05, 0.1) is 5.41 Å². The summed E-state index contributed by atoms with van der Waals surface area (Å²) in [5.74, 6) is -0.789. The summed E-state index contributed by atoms with van der Waals surface area (Å²) in [5, 5.41) is 28.6. The molecule has 138 valence electrons. The molecule has 0 aromatic heterocycles. The molecule has 0 spiro atoms. The molecule has 25 heavy (non-hydrogen) atoms. The van der Waals surface area contributed by atoms with E-state index in [0.717, 1.165) is 16.7 Å².